The molecule has 3 atom stereocenters. The number of benzene rings is 1. The number of allylic oxidation sites excluding steroid dienone is 3. The topological polar surface area (TPSA) is 87.9 Å². The molecule has 2 amide bonds. The van der Waals surface area contributed by atoms with Gasteiger partial charge in [0, 0.05) is 51.8 Å². The highest BCUT2D eigenvalue weighted by molar-refractivity contribution is 6.33. The fourth-order valence-electron chi connectivity index (χ4n) is 7.08. The third kappa shape index (κ3) is 4.76. The van der Waals surface area contributed by atoms with Crippen LogP contribution in [0.2, 0.25) is 5.02 Å². The van der Waals surface area contributed by atoms with E-state index in [1.807, 2.05) is 61.6 Å². The predicted molar refractivity (Wildman–Crippen MR) is 163 cm³/mol. The molecule has 2 aromatic rings. The average Bonchev–Trinajstić information content (AvgIpc) is 3.39. The highest BCUT2D eigenvalue weighted by Crippen LogP contribution is 2.58. The normalized spacial score (nSPS) is 24.3. The molecule has 1 aliphatic carbocycles. The van der Waals surface area contributed by atoms with Gasteiger partial charge in [0.2, 0.25) is 0 Å². The van der Waals surface area contributed by atoms with Gasteiger partial charge in [0.1, 0.15) is 5.60 Å². The number of amides is 2. The van der Waals surface area contributed by atoms with Crippen molar-refractivity contribution in [2.24, 2.45) is 5.92 Å². The van der Waals surface area contributed by atoms with E-state index in [-0.39, 0.29) is 42.3 Å². The van der Waals surface area contributed by atoms with Gasteiger partial charge in [-0.3, -0.25) is 14.4 Å². The van der Waals surface area contributed by atoms with E-state index in [0.29, 0.717) is 41.7 Å². The number of anilines is 1. The molecule has 8 nitrogen and oxygen atoms in total. The molecule has 10 heteroatoms. The molecule has 3 aliphatic heterocycles. The number of aromatic nitrogens is 2. The standard InChI is InChI=1S/C32H38Cl2N4O4/c1-17(2)26-24-25(35-37(26)16-32(41)11-13-36(14-12-32)30(40)42-31(4,5)6)29(39)38-27-18(3)7-10-22(34)23(27)21-15-19(33)8-9-20(21)28(24)38/h7-10,15,17,20-21,28,41H,11-14,16H2,1-6H3. The van der Waals surface area contributed by atoms with Gasteiger partial charge in [-0.15, -0.1) is 0 Å². The van der Waals surface area contributed by atoms with Crippen molar-refractivity contribution >= 4 is 40.9 Å². The maximum Gasteiger partial charge on any atom is 0.410 e. The lowest BCUT2D eigenvalue weighted by Crippen LogP contribution is -2.50. The van der Waals surface area contributed by atoms with Crippen LogP contribution in [0.15, 0.2) is 35.4 Å². The summed E-state index contributed by atoms with van der Waals surface area (Å²) in [6, 6.07) is 3.57. The Bertz CT molecular complexity index is 1530. The minimum atomic E-state index is -1.07. The summed E-state index contributed by atoms with van der Waals surface area (Å²) in [5.74, 6) is -0.262. The van der Waals surface area contributed by atoms with Crippen LogP contribution in [0, 0.1) is 12.8 Å². The molecule has 1 saturated heterocycles. The van der Waals surface area contributed by atoms with Crippen molar-refractivity contribution in [1.82, 2.24) is 14.7 Å². The van der Waals surface area contributed by atoms with Gasteiger partial charge in [0.15, 0.2) is 5.69 Å². The van der Waals surface area contributed by atoms with Crippen molar-refractivity contribution in [2.45, 2.75) is 90.0 Å². The number of aryl methyl sites for hydroxylation is 1. The number of fused-ring (bicyclic) bond motifs is 8. The van der Waals surface area contributed by atoms with Crippen LogP contribution in [0.1, 0.15) is 98.2 Å². The molecule has 42 heavy (non-hydrogen) atoms. The van der Waals surface area contributed by atoms with E-state index in [0.717, 1.165) is 28.1 Å². The monoisotopic (exact) mass is 612 g/mol. The molecule has 4 aliphatic rings. The Morgan fingerprint density at radius 1 is 1.19 bits per heavy atom. The van der Waals surface area contributed by atoms with Gasteiger partial charge < -0.3 is 14.7 Å². The zero-order chi connectivity index (χ0) is 30.3. The lowest BCUT2D eigenvalue weighted by Gasteiger charge is -2.44. The van der Waals surface area contributed by atoms with E-state index < -0.39 is 11.2 Å². The van der Waals surface area contributed by atoms with Crippen LogP contribution in [-0.4, -0.2) is 56.1 Å². The molecule has 4 heterocycles. The van der Waals surface area contributed by atoms with E-state index in [1.54, 1.807) is 4.90 Å². The highest BCUT2D eigenvalue weighted by Gasteiger charge is 2.53. The number of nitrogens with zero attached hydrogens (tertiary/aromatic N) is 4. The number of carbonyl (C=O) groups is 2. The molecule has 0 bridgehead atoms. The van der Waals surface area contributed by atoms with Crippen LogP contribution < -0.4 is 4.90 Å². The number of rotatable bonds is 3. The Hall–Kier alpha value is -2.81. The molecule has 1 fully saturated rings. The van der Waals surface area contributed by atoms with Gasteiger partial charge in [-0.05, 0) is 64.2 Å². The van der Waals surface area contributed by atoms with E-state index in [9.17, 15) is 14.7 Å². The third-order valence-electron chi connectivity index (χ3n) is 8.90. The second kappa shape index (κ2) is 10.1. The molecule has 1 aromatic carbocycles. The SMILES string of the molecule is Cc1ccc(Cl)c2c1N1C(=O)c3nn(CC4(O)CCN(C(=O)OC(C)(C)C)CC4)c(C(C)C)c3C1C1C=CC(Cl)=CC21. The molecule has 0 spiro atoms. The van der Waals surface area contributed by atoms with E-state index in [2.05, 4.69) is 19.9 Å². The number of carbonyl (C=O) groups excluding carboxylic acids is 2. The van der Waals surface area contributed by atoms with Gasteiger partial charge in [-0.25, -0.2) is 4.79 Å². The quantitative estimate of drug-likeness (QED) is 0.410. The molecule has 1 aromatic heterocycles. The number of likely N-dealkylation sites (tertiary alicyclic amines) is 1. The van der Waals surface area contributed by atoms with E-state index >= 15 is 0 Å². The van der Waals surface area contributed by atoms with Crippen LogP contribution >= 0.6 is 23.2 Å². The van der Waals surface area contributed by atoms with Crippen molar-refractivity contribution < 1.29 is 19.4 Å². The lowest BCUT2D eigenvalue weighted by atomic mass is 9.72. The Morgan fingerprint density at radius 3 is 2.52 bits per heavy atom. The molecule has 1 N–H and O–H groups in total. The highest BCUT2D eigenvalue weighted by atomic mass is 35.5. The maximum absolute atomic E-state index is 14.2. The van der Waals surface area contributed by atoms with Crippen molar-refractivity contribution in [3.05, 3.63) is 68.5 Å². The number of halogens is 2. The summed E-state index contributed by atoms with van der Waals surface area (Å²) in [6.45, 7) is 12.7. The molecule has 0 radical (unpaired) electrons. The van der Waals surface area contributed by atoms with Crippen LogP contribution in [-0.2, 0) is 11.3 Å². The molecule has 6 rings (SSSR count). The summed E-state index contributed by atoms with van der Waals surface area (Å²) in [4.78, 5) is 30.3. The Balaban J connectivity index is 1.36. The predicted octanol–water partition coefficient (Wildman–Crippen LogP) is 6.84. The first-order chi connectivity index (χ1) is 19.7. The summed E-state index contributed by atoms with van der Waals surface area (Å²) in [5.41, 5.74) is 3.37. The average molecular weight is 614 g/mol. The lowest BCUT2D eigenvalue weighted by molar-refractivity contribution is -0.0437. The summed E-state index contributed by atoms with van der Waals surface area (Å²) < 4.78 is 7.37. The number of aliphatic hydroxyl groups is 1. The first-order valence-electron chi connectivity index (χ1n) is 14.7. The zero-order valence-electron chi connectivity index (χ0n) is 24.9. The van der Waals surface area contributed by atoms with Crippen molar-refractivity contribution in [3.8, 4) is 0 Å². The fraction of sp³-hybridized carbons (Fsp3) is 0.531. The van der Waals surface area contributed by atoms with Crippen molar-refractivity contribution in [2.75, 3.05) is 18.0 Å². The Kier molecular flexibility index (Phi) is 7.06. The maximum atomic E-state index is 14.2. The molecule has 224 valence electrons. The molecular weight excluding hydrogens is 575 g/mol. The van der Waals surface area contributed by atoms with Crippen LogP contribution in [0.25, 0.3) is 0 Å². The Labute approximate surface area is 256 Å². The summed E-state index contributed by atoms with van der Waals surface area (Å²) >= 11 is 13.3. The second-order valence-corrected chi connectivity index (χ2v) is 14.3. The van der Waals surface area contributed by atoms with Gasteiger partial charge in [0.05, 0.1) is 23.9 Å². The largest absolute Gasteiger partial charge is 0.444 e. The van der Waals surface area contributed by atoms with Gasteiger partial charge in [-0.2, -0.15) is 5.10 Å². The molecule has 3 unspecified atom stereocenters. The first kappa shape index (κ1) is 29.3. The Morgan fingerprint density at radius 2 is 1.88 bits per heavy atom. The number of hydrogen-bond donors (Lipinski definition) is 1. The van der Waals surface area contributed by atoms with Gasteiger partial charge >= 0.3 is 6.09 Å². The summed E-state index contributed by atoms with van der Waals surface area (Å²) in [7, 11) is 0. The van der Waals surface area contributed by atoms with Crippen LogP contribution in [0.3, 0.4) is 0 Å². The number of ether oxygens (including phenoxy) is 1. The van der Waals surface area contributed by atoms with Crippen molar-refractivity contribution in [3.63, 3.8) is 0 Å². The number of hydrogen-bond acceptors (Lipinski definition) is 5. The second-order valence-electron chi connectivity index (χ2n) is 13.4. The minimum Gasteiger partial charge on any atom is -0.444 e. The minimum absolute atomic E-state index is 0.0476. The summed E-state index contributed by atoms with van der Waals surface area (Å²) in [6.07, 6.45) is 6.44. The van der Waals surface area contributed by atoms with Gasteiger partial charge in [-0.1, -0.05) is 55.3 Å². The smallest absolute Gasteiger partial charge is 0.410 e. The van der Waals surface area contributed by atoms with Gasteiger partial charge in [0.25, 0.3) is 5.91 Å². The van der Waals surface area contributed by atoms with E-state index in [4.69, 9.17) is 33.0 Å². The number of piperidine rings is 1. The zero-order valence-corrected chi connectivity index (χ0v) is 26.5. The van der Waals surface area contributed by atoms with Crippen molar-refractivity contribution in [1.29, 1.82) is 0 Å². The fourth-order valence-corrected chi connectivity index (χ4v) is 7.57. The third-order valence-corrected chi connectivity index (χ3v) is 9.48. The molecule has 0 saturated carbocycles. The molecular formula is C32H38Cl2N4O4. The summed E-state index contributed by atoms with van der Waals surface area (Å²) in [5, 5.41) is 17.8. The first-order valence-corrected chi connectivity index (χ1v) is 15.4. The van der Waals surface area contributed by atoms with Crippen LogP contribution in [0.4, 0.5) is 10.5 Å². The van der Waals surface area contributed by atoms with E-state index in [1.165, 1.54) is 0 Å². The van der Waals surface area contributed by atoms with Crippen LogP contribution in [0.5, 0.6) is 0 Å².